The minimum atomic E-state index is -0.0276. The number of anilines is 1. The maximum atomic E-state index is 12.6. The van der Waals surface area contributed by atoms with E-state index in [1.807, 2.05) is 36.2 Å². The van der Waals surface area contributed by atoms with E-state index < -0.39 is 0 Å². The molecule has 6 heteroatoms. The highest BCUT2D eigenvalue weighted by Crippen LogP contribution is 2.33. The molecule has 0 radical (unpaired) electrons. The number of hydrogen-bond donors (Lipinski definition) is 1. The molecule has 0 aliphatic carbocycles. The molecule has 1 saturated heterocycles. The number of carbonyl (C=O) groups is 1. The van der Waals surface area contributed by atoms with Crippen LogP contribution in [-0.4, -0.2) is 36.0 Å². The molecule has 1 atom stereocenters. The molecule has 1 aromatic heterocycles. The van der Waals surface area contributed by atoms with Gasteiger partial charge in [-0.05, 0) is 42.7 Å². The molecule has 0 saturated carbocycles. The monoisotopic (exact) mass is 345 g/mol. The first-order valence-corrected chi connectivity index (χ1v) is 8.37. The number of hydrogen-bond acceptors (Lipinski definition) is 4. The Kier molecular flexibility index (Phi) is 5.20. The maximum absolute atomic E-state index is 12.6. The van der Waals surface area contributed by atoms with Crippen LogP contribution in [-0.2, 0) is 4.79 Å². The van der Waals surface area contributed by atoms with Crippen LogP contribution in [0.1, 0.15) is 24.4 Å². The Hall–Kier alpha value is -2.27. The van der Waals surface area contributed by atoms with Crippen LogP contribution >= 0.6 is 11.6 Å². The molecule has 1 aromatic carbocycles. The Balaban J connectivity index is 1.68. The molecule has 0 spiro atoms. The molecule has 1 N–H and O–H groups in total. The molecule has 126 valence electrons. The Morgan fingerprint density at radius 3 is 3.04 bits per heavy atom. The lowest BCUT2D eigenvalue weighted by Crippen LogP contribution is -2.34. The normalized spacial score (nSPS) is 16.9. The van der Waals surface area contributed by atoms with Gasteiger partial charge in [-0.25, -0.2) is 4.98 Å². The van der Waals surface area contributed by atoms with Crippen LogP contribution in [0.25, 0.3) is 0 Å². The molecule has 5 nitrogen and oxygen atoms in total. The van der Waals surface area contributed by atoms with E-state index in [1.54, 1.807) is 18.3 Å². The van der Waals surface area contributed by atoms with Crippen LogP contribution in [0.4, 0.5) is 5.82 Å². The largest absolute Gasteiger partial charge is 0.482 e. The van der Waals surface area contributed by atoms with E-state index in [0.29, 0.717) is 10.8 Å². The summed E-state index contributed by atoms with van der Waals surface area (Å²) in [6.45, 7) is 0.733. The maximum Gasteiger partial charge on any atom is 0.261 e. The van der Waals surface area contributed by atoms with Crippen molar-refractivity contribution in [1.82, 2.24) is 9.88 Å². The fourth-order valence-corrected chi connectivity index (χ4v) is 3.18. The summed E-state index contributed by atoms with van der Waals surface area (Å²) >= 11 is 6.06. The lowest BCUT2D eigenvalue weighted by Gasteiger charge is -2.25. The molecule has 2 aromatic rings. The van der Waals surface area contributed by atoms with Crippen molar-refractivity contribution in [3.8, 4) is 5.75 Å². The molecular formula is C18H20ClN3O2. The van der Waals surface area contributed by atoms with Gasteiger partial charge in [0.05, 0.1) is 11.1 Å². The van der Waals surface area contributed by atoms with Crippen molar-refractivity contribution in [3.63, 3.8) is 0 Å². The zero-order chi connectivity index (χ0) is 16.9. The summed E-state index contributed by atoms with van der Waals surface area (Å²) in [4.78, 5) is 18.7. The van der Waals surface area contributed by atoms with Crippen LogP contribution in [0.15, 0.2) is 42.6 Å². The zero-order valence-corrected chi connectivity index (χ0v) is 14.3. The molecule has 1 aliphatic rings. The fourth-order valence-electron chi connectivity index (χ4n) is 2.99. The third-order valence-electron chi connectivity index (χ3n) is 4.19. The Labute approximate surface area is 146 Å². The minimum absolute atomic E-state index is 0.00972. The van der Waals surface area contributed by atoms with Gasteiger partial charge in [-0.1, -0.05) is 23.7 Å². The molecule has 1 aliphatic heterocycles. The molecule has 2 heterocycles. The molecule has 1 amide bonds. The quantitative estimate of drug-likeness (QED) is 0.900. The molecule has 0 unspecified atom stereocenters. The number of likely N-dealkylation sites (tertiary alicyclic amines) is 1. The van der Waals surface area contributed by atoms with Gasteiger partial charge in [0.25, 0.3) is 5.91 Å². The SMILES string of the molecule is CNc1cc([C@@H]2CCCN2C(=O)COc2ccccc2Cl)ccn1. The Morgan fingerprint density at radius 1 is 1.42 bits per heavy atom. The highest BCUT2D eigenvalue weighted by molar-refractivity contribution is 6.32. The van der Waals surface area contributed by atoms with E-state index in [2.05, 4.69) is 10.3 Å². The predicted molar refractivity (Wildman–Crippen MR) is 94.4 cm³/mol. The lowest BCUT2D eigenvalue weighted by molar-refractivity contribution is -0.134. The highest BCUT2D eigenvalue weighted by Gasteiger charge is 2.30. The number of aromatic nitrogens is 1. The summed E-state index contributed by atoms with van der Waals surface area (Å²) in [5.41, 5.74) is 1.10. The van der Waals surface area contributed by atoms with Crippen LogP contribution in [0.2, 0.25) is 5.02 Å². The predicted octanol–water partition coefficient (Wildman–Crippen LogP) is 3.52. The number of nitrogens with zero attached hydrogens (tertiary/aromatic N) is 2. The second-order valence-electron chi connectivity index (χ2n) is 5.69. The number of pyridine rings is 1. The third-order valence-corrected chi connectivity index (χ3v) is 4.50. The standard InChI is InChI=1S/C18H20ClN3O2/c1-20-17-11-13(8-9-21-17)15-6-4-10-22(15)18(23)12-24-16-7-3-2-5-14(16)19/h2-3,5,7-9,11,15H,4,6,10,12H2,1H3,(H,20,21)/t15-/m0/s1. The van der Waals surface area contributed by atoms with E-state index in [0.717, 1.165) is 30.8 Å². The second-order valence-corrected chi connectivity index (χ2v) is 6.10. The van der Waals surface area contributed by atoms with Crippen molar-refractivity contribution < 1.29 is 9.53 Å². The van der Waals surface area contributed by atoms with Crippen molar-refractivity contribution in [2.75, 3.05) is 25.5 Å². The van der Waals surface area contributed by atoms with Crippen molar-refractivity contribution >= 4 is 23.3 Å². The minimum Gasteiger partial charge on any atom is -0.482 e. The van der Waals surface area contributed by atoms with Crippen molar-refractivity contribution in [3.05, 3.63) is 53.2 Å². The third kappa shape index (κ3) is 3.62. The van der Waals surface area contributed by atoms with Gasteiger partial charge in [0.1, 0.15) is 11.6 Å². The summed E-state index contributed by atoms with van der Waals surface area (Å²) in [5, 5.41) is 3.54. The summed E-state index contributed by atoms with van der Waals surface area (Å²) in [7, 11) is 1.83. The summed E-state index contributed by atoms with van der Waals surface area (Å²) in [6.07, 6.45) is 3.70. The summed E-state index contributed by atoms with van der Waals surface area (Å²) in [6, 6.07) is 11.2. The van der Waals surface area contributed by atoms with Gasteiger partial charge in [0, 0.05) is 19.8 Å². The van der Waals surface area contributed by atoms with Gasteiger partial charge in [0.15, 0.2) is 6.61 Å². The number of amides is 1. The smallest absolute Gasteiger partial charge is 0.261 e. The number of halogens is 1. The van der Waals surface area contributed by atoms with Crippen LogP contribution in [0, 0.1) is 0 Å². The van der Waals surface area contributed by atoms with E-state index in [9.17, 15) is 4.79 Å². The summed E-state index contributed by atoms with van der Waals surface area (Å²) < 4.78 is 5.59. The highest BCUT2D eigenvalue weighted by atomic mass is 35.5. The molecule has 3 rings (SSSR count). The van der Waals surface area contributed by atoms with Crippen molar-refractivity contribution in [2.45, 2.75) is 18.9 Å². The molecule has 1 fully saturated rings. The number of rotatable bonds is 5. The van der Waals surface area contributed by atoms with E-state index in [1.165, 1.54) is 0 Å². The van der Waals surface area contributed by atoms with Crippen LogP contribution < -0.4 is 10.1 Å². The van der Waals surface area contributed by atoms with Crippen molar-refractivity contribution in [1.29, 1.82) is 0 Å². The molecule has 24 heavy (non-hydrogen) atoms. The van der Waals surface area contributed by atoms with Gasteiger partial charge >= 0.3 is 0 Å². The van der Waals surface area contributed by atoms with Crippen LogP contribution in [0.3, 0.4) is 0 Å². The number of nitrogens with one attached hydrogen (secondary N) is 1. The van der Waals surface area contributed by atoms with Gasteiger partial charge in [-0.2, -0.15) is 0 Å². The first-order chi connectivity index (χ1) is 11.7. The average molecular weight is 346 g/mol. The van der Waals surface area contributed by atoms with Crippen molar-refractivity contribution in [2.24, 2.45) is 0 Å². The first kappa shape index (κ1) is 16.6. The average Bonchev–Trinajstić information content (AvgIpc) is 3.11. The van der Waals surface area contributed by atoms with E-state index in [4.69, 9.17) is 16.3 Å². The molecular weight excluding hydrogens is 326 g/mol. The van der Waals surface area contributed by atoms with E-state index in [-0.39, 0.29) is 18.6 Å². The van der Waals surface area contributed by atoms with Crippen LogP contribution in [0.5, 0.6) is 5.75 Å². The summed E-state index contributed by atoms with van der Waals surface area (Å²) in [5.74, 6) is 1.31. The van der Waals surface area contributed by atoms with Gasteiger partial charge < -0.3 is 15.0 Å². The number of benzene rings is 1. The Morgan fingerprint density at radius 2 is 2.25 bits per heavy atom. The van der Waals surface area contributed by atoms with Gasteiger partial charge in [0.2, 0.25) is 0 Å². The topological polar surface area (TPSA) is 54.5 Å². The first-order valence-electron chi connectivity index (χ1n) is 7.99. The number of carbonyl (C=O) groups excluding carboxylic acids is 1. The zero-order valence-electron chi connectivity index (χ0n) is 13.5. The second kappa shape index (κ2) is 7.53. The van der Waals surface area contributed by atoms with E-state index >= 15 is 0 Å². The fraction of sp³-hybridized carbons (Fsp3) is 0.333. The number of para-hydroxylation sites is 1. The molecule has 0 bridgehead atoms. The Bertz CT molecular complexity index is 723. The van der Waals surface area contributed by atoms with Gasteiger partial charge in [-0.3, -0.25) is 4.79 Å². The lowest BCUT2D eigenvalue weighted by atomic mass is 10.1. The number of ether oxygens (including phenoxy) is 1. The van der Waals surface area contributed by atoms with Gasteiger partial charge in [-0.15, -0.1) is 0 Å².